The minimum atomic E-state index is -3.98. The van der Waals surface area contributed by atoms with Crippen molar-refractivity contribution in [2.75, 3.05) is 21.1 Å². The molecule has 0 radical (unpaired) electrons. The molecule has 5 heteroatoms. The van der Waals surface area contributed by atoms with Crippen molar-refractivity contribution < 1.29 is 18.8 Å². The lowest BCUT2D eigenvalue weighted by atomic mass is 10.1. The first-order chi connectivity index (χ1) is 5.55. The summed E-state index contributed by atoms with van der Waals surface area (Å²) in [5.74, 6) is -0.289. The van der Waals surface area contributed by atoms with E-state index >= 15 is 0 Å². The fraction of sp³-hybridized carbons (Fsp3) is 1.00. The first-order valence-corrected chi connectivity index (χ1v) is 6.09. The van der Waals surface area contributed by atoms with Crippen LogP contribution in [-0.4, -0.2) is 41.2 Å². The normalized spacial score (nSPS) is 16.3. The summed E-state index contributed by atoms with van der Waals surface area (Å²) in [5, 5.41) is 0. The van der Waals surface area contributed by atoms with Gasteiger partial charge in [-0.15, -0.1) is 0 Å². The maximum absolute atomic E-state index is 11.2. The lowest BCUT2D eigenvalue weighted by molar-refractivity contribution is -0.884. The van der Waals surface area contributed by atoms with Gasteiger partial charge in [0.15, 0.2) is 5.78 Å². The summed E-state index contributed by atoms with van der Waals surface area (Å²) in [6.45, 7) is 3.94. The Labute approximate surface area is 80.3 Å². The molecular formula is C8H21NO3P+. The van der Waals surface area contributed by atoms with Crippen LogP contribution in [0.3, 0.4) is 0 Å². The fourth-order valence-electron chi connectivity index (χ4n) is 1.33. The third-order valence-electron chi connectivity index (χ3n) is 1.96. The van der Waals surface area contributed by atoms with Gasteiger partial charge in [0.1, 0.15) is 0 Å². The van der Waals surface area contributed by atoms with E-state index in [1.807, 2.05) is 35.0 Å². The maximum Gasteiger partial charge on any atom is 0.382 e. The van der Waals surface area contributed by atoms with Gasteiger partial charge in [0.25, 0.3) is 0 Å². The van der Waals surface area contributed by atoms with Crippen LogP contribution in [0, 0.1) is 5.92 Å². The Morgan fingerprint density at radius 1 is 1.23 bits per heavy atom. The van der Waals surface area contributed by atoms with Gasteiger partial charge in [0.2, 0.25) is 0 Å². The van der Waals surface area contributed by atoms with Crippen molar-refractivity contribution in [1.29, 1.82) is 0 Å². The first-order valence-electron chi connectivity index (χ1n) is 4.41. The van der Waals surface area contributed by atoms with Crippen LogP contribution in [0.25, 0.3) is 0 Å². The molecule has 1 unspecified atom stereocenters. The molecule has 1 atom stereocenters. The smallest absolute Gasteiger partial charge is 0.320 e. The summed E-state index contributed by atoms with van der Waals surface area (Å²) in [5.41, 5.74) is 0. The number of hydrogen-bond acceptors (Lipinski definition) is 1. The quantitative estimate of drug-likeness (QED) is 0.542. The maximum atomic E-state index is 11.2. The van der Waals surface area contributed by atoms with Crippen LogP contribution in [0.4, 0.5) is 0 Å². The molecule has 80 valence electrons. The lowest BCUT2D eigenvalue weighted by Crippen LogP contribution is -2.45. The summed E-state index contributed by atoms with van der Waals surface area (Å²) < 4.78 is 11.5. The van der Waals surface area contributed by atoms with Gasteiger partial charge in [-0.2, -0.15) is 0 Å². The molecule has 2 N–H and O–H groups in total. The number of quaternary nitrogens is 1. The van der Waals surface area contributed by atoms with Crippen molar-refractivity contribution in [2.45, 2.75) is 26.1 Å². The predicted molar refractivity (Wildman–Crippen MR) is 53.3 cm³/mol. The third kappa shape index (κ3) is 4.77. The van der Waals surface area contributed by atoms with E-state index in [-0.39, 0.29) is 0 Å². The molecule has 4 nitrogen and oxygen atoms in total. The molecule has 0 rings (SSSR count). The zero-order valence-electron chi connectivity index (χ0n) is 9.06. The van der Waals surface area contributed by atoms with Crippen LogP contribution < -0.4 is 0 Å². The van der Waals surface area contributed by atoms with E-state index in [0.717, 1.165) is 0 Å². The van der Waals surface area contributed by atoms with E-state index in [4.69, 9.17) is 9.79 Å². The molecule has 0 amide bonds. The average molecular weight is 210 g/mol. The highest BCUT2D eigenvalue weighted by molar-refractivity contribution is 7.52. The molecule has 0 heterocycles. The summed E-state index contributed by atoms with van der Waals surface area (Å²) >= 11 is 0. The SMILES string of the molecule is CC(C)CC([N+](C)(C)C)P(=O)(O)O. The van der Waals surface area contributed by atoms with Crippen LogP contribution in [0.5, 0.6) is 0 Å². The summed E-state index contributed by atoms with van der Waals surface area (Å²) in [7, 11) is 1.46. The Morgan fingerprint density at radius 3 is 1.69 bits per heavy atom. The van der Waals surface area contributed by atoms with Crippen LogP contribution >= 0.6 is 7.60 Å². The molecule has 0 aromatic rings. The summed E-state index contributed by atoms with van der Waals surface area (Å²) in [6, 6.07) is 0. The second-order valence-corrected chi connectivity index (χ2v) is 6.59. The van der Waals surface area contributed by atoms with Crippen molar-refractivity contribution >= 4 is 7.60 Å². The van der Waals surface area contributed by atoms with Crippen LogP contribution in [-0.2, 0) is 4.57 Å². The highest BCUT2D eigenvalue weighted by Crippen LogP contribution is 2.47. The zero-order chi connectivity index (χ0) is 10.9. The van der Waals surface area contributed by atoms with E-state index in [0.29, 0.717) is 16.8 Å². The van der Waals surface area contributed by atoms with Crippen molar-refractivity contribution in [3.8, 4) is 0 Å². The van der Waals surface area contributed by atoms with E-state index in [9.17, 15) is 4.57 Å². The lowest BCUT2D eigenvalue weighted by Gasteiger charge is -2.35. The van der Waals surface area contributed by atoms with Crippen LogP contribution in [0.15, 0.2) is 0 Å². The standard InChI is InChI=1S/C8H20NO3P/c1-7(2)6-8(9(3,4)5)13(10,11)12/h7-8H,6H2,1-5H3,(H-,10,11,12)/p+1. The molecular weight excluding hydrogens is 189 g/mol. The fourth-order valence-corrected chi connectivity index (χ4v) is 2.93. The highest BCUT2D eigenvalue weighted by atomic mass is 31.2. The topological polar surface area (TPSA) is 57.5 Å². The van der Waals surface area contributed by atoms with E-state index < -0.39 is 13.4 Å². The van der Waals surface area contributed by atoms with Crippen molar-refractivity contribution in [3.63, 3.8) is 0 Å². The Hall–Kier alpha value is 0.110. The predicted octanol–water partition coefficient (Wildman–Crippen LogP) is 1.24. The second kappa shape index (κ2) is 4.09. The molecule has 0 aliphatic carbocycles. The van der Waals surface area contributed by atoms with Gasteiger partial charge in [-0.05, 0) is 5.92 Å². The van der Waals surface area contributed by atoms with E-state index in [2.05, 4.69) is 0 Å². The van der Waals surface area contributed by atoms with Gasteiger partial charge in [-0.25, -0.2) is 0 Å². The van der Waals surface area contributed by atoms with Gasteiger partial charge >= 0.3 is 7.60 Å². The van der Waals surface area contributed by atoms with Gasteiger partial charge < -0.3 is 14.3 Å². The molecule has 0 spiro atoms. The molecule has 0 saturated heterocycles. The zero-order valence-corrected chi connectivity index (χ0v) is 9.95. The van der Waals surface area contributed by atoms with Gasteiger partial charge in [0.05, 0.1) is 21.1 Å². The Bertz CT molecular complexity index is 204. The number of rotatable bonds is 4. The molecule has 0 aromatic heterocycles. The van der Waals surface area contributed by atoms with Crippen molar-refractivity contribution in [1.82, 2.24) is 0 Å². The highest BCUT2D eigenvalue weighted by Gasteiger charge is 2.40. The van der Waals surface area contributed by atoms with Gasteiger partial charge in [-0.1, -0.05) is 13.8 Å². The monoisotopic (exact) mass is 210 g/mol. The van der Waals surface area contributed by atoms with Crippen LogP contribution in [0.1, 0.15) is 20.3 Å². The first kappa shape index (κ1) is 13.1. The Kier molecular flexibility index (Phi) is 4.13. The Morgan fingerprint density at radius 2 is 1.62 bits per heavy atom. The van der Waals surface area contributed by atoms with Crippen molar-refractivity contribution in [3.05, 3.63) is 0 Å². The van der Waals surface area contributed by atoms with E-state index in [1.54, 1.807) is 0 Å². The number of hydrogen-bond donors (Lipinski definition) is 2. The van der Waals surface area contributed by atoms with Gasteiger partial charge in [-0.3, -0.25) is 4.57 Å². The average Bonchev–Trinajstić information content (AvgIpc) is 1.77. The molecule has 13 heavy (non-hydrogen) atoms. The van der Waals surface area contributed by atoms with Crippen molar-refractivity contribution in [2.24, 2.45) is 5.92 Å². The number of nitrogens with zero attached hydrogens (tertiary/aromatic N) is 1. The molecule has 0 fully saturated rings. The minimum Gasteiger partial charge on any atom is -0.320 e. The largest absolute Gasteiger partial charge is 0.382 e. The second-order valence-electron chi connectivity index (χ2n) is 4.82. The Balaban J connectivity index is 4.68. The molecule has 0 aliphatic heterocycles. The molecule has 0 saturated carbocycles. The van der Waals surface area contributed by atoms with Gasteiger partial charge in [0, 0.05) is 6.42 Å². The molecule has 0 aliphatic rings. The van der Waals surface area contributed by atoms with Crippen LogP contribution in [0.2, 0.25) is 0 Å². The minimum absolute atomic E-state index is 0.301. The molecule has 0 aromatic carbocycles. The third-order valence-corrected chi connectivity index (χ3v) is 3.64. The summed E-state index contributed by atoms with van der Waals surface area (Å²) in [6.07, 6.45) is 0.549. The molecule has 0 bridgehead atoms. The summed E-state index contributed by atoms with van der Waals surface area (Å²) in [4.78, 5) is 18.3. The van der Waals surface area contributed by atoms with E-state index in [1.165, 1.54) is 0 Å².